The van der Waals surface area contributed by atoms with Crippen LogP contribution in [0.15, 0.2) is 35.2 Å². The SMILES string of the molecule is Cc1cc(NCc2ccc(S(=O)(=O)N(C)C(C)C)cc2)nc(C(C)C)n1. The Balaban J connectivity index is 2.11. The van der Waals surface area contributed by atoms with E-state index in [0.29, 0.717) is 11.4 Å². The molecule has 0 bridgehead atoms. The van der Waals surface area contributed by atoms with E-state index in [2.05, 4.69) is 29.1 Å². The Bertz CT molecular complexity index is 846. The summed E-state index contributed by atoms with van der Waals surface area (Å²) in [5.74, 6) is 1.85. The number of nitrogens with one attached hydrogen (secondary N) is 1. The van der Waals surface area contributed by atoms with Crippen LogP contribution in [0.25, 0.3) is 0 Å². The van der Waals surface area contributed by atoms with Crippen LogP contribution in [0.2, 0.25) is 0 Å². The number of sulfonamides is 1. The van der Waals surface area contributed by atoms with Gasteiger partial charge < -0.3 is 5.32 Å². The number of benzene rings is 1. The summed E-state index contributed by atoms with van der Waals surface area (Å²) in [5, 5.41) is 3.29. The molecule has 0 fully saturated rings. The molecule has 0 spiro atoms. The Kier molecular flexibility index (Phi) is 6.36. The number of hydrogen-bond donors (Lipinski definition) is 1. The normalized spacial score (nSPS) is 12.2. The molecule has 7 heteroatoms. The molecule has 0 radical (unpaired) electrons. The highest BCUT2D eigenvalue weighted by Crippen LogP contribution is 2.18. The van der Waals surface area contributed by atoms with Gasteiger partial charge in [0.25, 0.3) is 0 Å². The largest absolute Gasteiger partial charge is 0.366 e. The Morgan fingerprint density at radius 2 is 1.69 bits per heavy atom. The number of nitrogens with zero attached hydrogens (tertiary/aromatic N) is 3. The fraction of sp³-hybridized carbons (Fsp3) is 0.474. The summed E-state index contributed by atoms with van der Waals surface area (Å²) in [7, 11) is -1.85. The van der Waals surface area contributed by atoms with Crippen LogP contribution in [0.1, 0.15) is 50.7 Å². The molecule has 1 aromatic carbocycles. The highest BCUT2D eigenvalue weighted by molar-refractivity contribution is 7.89. The molecule has 1 N–H and O–H groups in total. The summed E-state index contributed by atoms with van der Waals surface area (Å²) in [4.78, 5) is 9.26. The van der Waals surface area contributed by atoms with Crippen molar-refractivity contribution in [1.82, 2.24) is 14.3 Å². The molecule has 142 valence electrons. The van der Waals surface area contributed by atoms with E-state index in [9.17, 15) is 8.42 Å². The number of aromatic nitrogens is 2. The number of hydrogen-bond acceptors (Lipinski definition) is 5. The lowest BCUT2D eigenvalue weighted by Crippen LogP contribution is -2.33. The average Bonchev–Trinajstić information content (AvgIpc) is 2.59. The Hall–Kier alpha value is -1.99. The molecule has 6 nitrogen and oxygen atoms in total. The summed E-state index contributed by atoms with van der Waals surface area (Å²) in [6.45, 7) is 10.3. The molecule has 1 heterocycles. The molecule has 1 aromatic heterocycles. The highest BCUT2D eigenvalue weighted by atomic mass is 32.2. The molecule has 0 saturated carbocycles. The number of rotatable bonds is 7. The second-order valence-electron chi connectivity index (χ2n) is 7.02. The lowest BCUT2D eigenvalue weighted by Gasteiger charge is -2.21. The van der Waals surface area contributed by atoms with Gasteiger partial charge in [-0.25, -0.2) is 18.4 Å². The van der Waals surface area contributed by atoms with E-state index >= 15 is 0 Å². The Morgan fingerprint density at radius 1 is 1.08 bits per heavy atom. The zero-order chi connectivity index (χ0) is 19.5. The third-order valence-electron chi connectivity index (χ3n) is 4.19. The van der Waals surface area contributed by atoms with Gasteiger partial charge in [-0.1, -0.05) is 26.0 Å². The average molecular weight is 377 g/mol. The summed E-state index contributed by atoms with van der Waals surface area (Å²) in [5.41, 5.74) is 1.91. The molecule has 2 rings (SSSR count). The summed E-state index contributed by atoms with van der Waals surface area (Å²) in [6, 6.07) is 8.77. The van der Waals surface area contributed by atoms with Crippen LogP contribution >= 0.6 is 0 Å². The molecule has 0 aliphatic heterocycles. The predicted octanol–water partition coefficient (Wildman–Crippen LogP) is 3.55. The smallest absolute Gasteiger partial charge is 0.243 e. The van der Waals surface area contributed by atoms with E-state index < -0.39 is 10.0 Å². The van der Waals surface area contributed by atoms with Gasteiger partial charge in [-0.15, -0.1) is 0 Å². The second-order valence-corrected chi connectivity index (χ2v) is 9.02. The standard InChI is InChI=1S/C19H28N4O2S/c1-13(2)19-21-15(5)11-18(22-19)20-12-16-7-9-17(10-8-16)26(24,25)23(6)14(3)4/h7-11,13-14H,12H2,1-6H3,(H,20,21,22). The summed E-state index contributed by atoms with van der Waals surface area (Å²) >= 11 is 0. The molecule has 2 aromatic rings. The minimum Gasteiger partial charge on any atom is -0.366 e. The van der Waals surface area contributed by atoms with Gasteiger partial charge in [-0.2, -0.15) is 4.31 Å². The van der Waals surface area contributed by atoms with Crippen molar-refractivity contribution >= 4 is 15.8 Å². The molecule has 0 aliphatic rings. The number of aryl methyl sites for hydroxylation is 1. The Morgan fingerprint density at radius 3 is 2.23 bits per heavy atom. The fourth-order valence-corrected chi connectivity index (χ4v) is 3.72. The molecular weight excluding hydrogens is 348 g/mol. The van der Waals surface area contributed by atoms with Crippen molar-refractivity contribution in [2.75, 3.05) is 12.4 Å². The van der Waals surface area contributed by atoms with E-state index in [1.165, 1.54) is 4.31 Å². The zero-order valence-electron chi connectivity index (χ0n) is 16.3. The lowest BCUT2D eigenvalue weighted by molar-refractivity contribution is 0.410. The van der Waals surface area contributed by atoms with Gasteiger partial charge in [0.1, 0.15) is 11.6 Å². The van der Waals surface area contributed by atoms with Crippen molar-refractivity contribution in [3.63, 3.8) is 0 Å². The van der Waals surface area contributed by atoms with Crippen LogP contribution in [-0.4, -0.2) is 35.8 Å². The maximum atomic E-state index is 12.5. The van der Waals surface area contributed by atoms with Gasteiger partial charge in [0, 0.05) is 37.3 Å². The van der Waals surface area contributed by atoms with Crippen LogP contribution in [-0.2, 0) is 16.6 Å². The maximum absolute atomic E-state index is 12.5. The molecule has 0 amide bonds. The monoisotopic (exact) mass is 376 g/mol. The van der Waals surface area contributed by atoms with Crippen LogP contribution in [0.3, 0.4) is 0 Å². The molecular formula is C19H28N4O2S. The molecule has 0 unspecified atom stereocenters. The van der Waals surface area contributed by atoms with Crippen molar-refractivity contribution in [2.24, 2.45) is 0 Å². The third kappa shape index (κ3) is 4.80. The predicted molar refractivity (Wildman–Crippen MR) is 105 cm³/mol. The highest BCUT2D eigenvalue weighted by Gasteiger charge is 2.22. The third-order valence-corrected chi connectivity index (χ3v) is 6.24. The van der Waals surface area contributed by atoms with Crippen molar-refractivity contribution in [1.29, 1.82) is 0 Å². The van der Waals surface area contributed by atoms with E-state index in [-0.39, 0.29) is 12.0 Å². The van der Waals surface area contributed by atoms with E-state index in [1.54, 1.807) is 19.2 Å². The van der Waals surface area contributed by atoms with Crippen molar-refractivity contribution in [3.8, 4) is 0 Å². The Labute approximate surface area is 156 Å². The summed E-state index contributed by atoms with van der Waals surface area (Å²) < 4.78 is 26.4. The van der Waals surface area contributed by atoms with Crippen LogP contribution in [0, 0.1) is 6.92 Å². The molecule has 0 saturated heterocycles. The van der Waals surface area contributed by atoms with E-state index in [0.717, 1.165) is 22.9 Å². The van der Waals surface area contributed by atoms with Crippen LogP contribution in [0.5, 0.6) is 0 Å². The van der Waals surface area contributed by atoms with Crippen molar-refractivity contribution < 1.29 is 8.42 Å². The van der Waals surface area contributed by atoms with Crippen molar-refractivity contribution in [2.45, 2.75) is 58.0 Å². The lowest BCUT2D eigenvalue weighted by atomic mass is 10.2. The van der Waals surface area contributed by atoms with Gasteiger partial charge in [0.05, 0.1) is 4.90 Å². The van der Waals surface area contributed by atoms with Crippen LogP contribution < -0.4 is 5.32 Å². The van der Waals surface area contributed by atoms with E-state index in [4.69, 9.17) is 0 Å². The zero-order valence-corrected chi connectivity index (χ0v) is 17.1. The first kappa shape index (κ1) is 20.3. The topological polar surface area (TPSA) is 75.2 Å². The quantitative estimate of drug-likeness (QED) is 0.800. The van der Waals surface area contributed by atoms with E-state index in [1.807, 2.05) is 39.0 Å². The first-order valence-electron chi connectivity index (χ1n) is 8.77. The van der Waals surface area contributed by atoms with Gasteiger partial charge in [-0.3, -0.25) is 0 Å². The summed E-state index contributed by atoms with van der Waals surface area (Å²) in [6.07, 6.45) is 0. The minimum atomic E-state index is -3.45. The van der Waals surface area contributed by atoms with Gasteiger partial charge in [-0.05, 0) is 38.5 Å². The minimum absolute atomic E-state index is 0.0856. The first-order chi connectivity index (χ1) is 12.1. The van der Waals surface area contributed by atoms with Gasteiger partial charge in [0.15, 0.2) is 0 Å². The van der Waals surface area contributed by atoms with Crippen molar-refractivity contribution in [3.05, 3.63) is 47.4 Å². The second kappa shape index (κ2) is 8.14. The fourth-order valence-electron chi connectivity index (χ4n) is 2.36. The van der Waals surface area contributed by atoms with Crippen LogP contribution in [0.4, 0.5) is 5.82 Å². The maximum Gasteiger partial charge on any atom is 0.243 e. The molecule has 0 aliphatic carbocycles. The molecule has 0 atom stereocenters. The number of anilines is 1. The first-order valence-corrected chi connectivity index (χ1v) is 10.2. The molecule has 26 heavy (non-hydrogen) atoms. The van der Waals surface area contributed by atoms with Gasteiger partial charge in [0.2, 0.25) is 10.0 Å². The van der Waals surface area contributed by atoms with Gasteiger partial charge >= 0.3 is 0 Å².